The fourth-order valence-corrected chi connectivity index (χ4v) is 1.64. The van der Waals surface area contributed by atoms with Gasteiger partial charge >= 0.3 is 0 Å². The zero-order valence-electron chi connectivity index (χ0n) is 9.74. The standard InChI is InChI=1S/C13H14F2N2O/c14-13(15,9-18)8-16-7-11-6-5-10-3-1-2-4-12(10)17-11/h1-6,16,18H,7-9H2. The number of nitrogens with zero attached hydrogens (tertiary/aromatic N) is 1. The number of rotatable bonds is 5. The van der Waals surface area contributed by atoms with E-state index in [9.17, 15) is 8.78 Å². The highest BCUT2D eigenvalue weighted by molar-refractivity contribution is 5.78. The van der Waals surface area contributed by atoms with Crippen LogP contribution >= 0.6 is 0 Å². The van der Waals surface area contributed by atoms with Gasteiger partial charge in [0, 0.05) is 11.9 Å². The molecule has 1 aromatic heterocycles. The lowest BCUT2D eigenvalue weighted by molar-refractivity contribution is -0.0478. The smallest absolute Gasteiger partial charge is 0.282 e. The second-order valence-electron chi connectivity index (χ2n) is 4.11. The van der Waals surface area contributed by atoms with Crippen LogP contribution < -0.4 is 5.32 Å². The third-order valence-corrected chi connectivity index (χ3v) is 2.58. The number of hydrogen-bond donors (Lipinski definition) is 2. The summed E-state index contributed by atoms with van der Waals surface area (Å²) < 4.78 is 25.6. The lowest BCUT2D eigenvalue weighted by atomic mass is 10.2. The van der Waals surface area contributed by atoms with Crippen molar-refractivity contribution in [2.24, 2.45) is 0 Å². The molecule has 0 bridgehead atoms. The first-order chi connectivity index (χ1) is 8.61. The summed E-state index contributed by atoms with van der Waals surface area (Å²) in [5, 5.41) is 12.0. The van der Waals surface area contributed by atoms with Crippen LogP contribution in [-0.2, 0) is 6.54 Å². The van der Waals surface area contributed by atoms with Crippen molar-refractivity contribution in [2.75, 3.05) is 13.2 Å². The van der Waals surface area contributed by atoms with E-state index in [0.29, 0.717) is 5.69 Å². The molecule has 0 unspecified atom stereocenters. The van der Waals surface area contributed by atoms with Gasteiger partial charge in [-0.3, -0.25) is 4.98 Å². The first kappa shape index (κ1) is 12.9. The monoisotopic (exact) mass is 252 g/mol. The van der Waals surface area contributed by atoms with Gasteiger partial charge in [-0.2, -0.15) is 0 Å². The van der Waals surface area contributed by atoms with Crippen molar-refractivity contribution in [2.45, 2.75) is 12.5 Å². The van der Waals surface area contributed by atoms with Gasteiger partial charge in [-0.05, 0) is 12.1 Å². The maximum atomic E-state index is 12.8. The Morgan fingerprint density at radius 1 is 1.17 bits per heavy atom. The van der Waals surface area contributed by atoms with E-state index in [0.717, 1.165) is 10.9 Å². The van der Waals surface area contributed by atoms with Crippen LogP contribution in [-0.4, -0.2) is 29.2 Å². The highest BCUT2D eigenvalue weighted by atomic mass is 19.3. The van der Waals surface area contributed by atoms with E-state index in [1.54, 1.807) is 6.07 Å². The third kappa shape index (κ3) is 3.21. The van der Waals surface area contributed by atoms with Crippen LogP contribution in [0.3, 0.4) is 0 Å². The molecule has 0 amide bonds. The van der Waals surface area contributed by atoms with Crippen LogP contribution in [0.25, 0.3) is 10.9 Å². The largest absolute Gasteiger partial charge is 0.390 e. The van der Waals surface area contributed by atoms with Gasteiger partial charge in [-0.1, -0.05) is 24.3 Å². The van der Waals surface area contributed by atoms with E-state index < -0.39 is 19.1 Å². The van der Waals surface area contributed by atoms with Crippen LogP contribution in [0.4, 0.5) is 8.78 Å². The topological polar surface area (TPSA) is 45.1 Å². The maximum absolute atomic E-state index is 12.8. The number of aliphatic hydroxyl groups is 1. The van der Waals surface area contributed by atoms with Crippen molar-refractivity contribution in [1.82, 2.24) is 10.3 Å². The van der Waals surface area contributed by atoms with Crippen molar-refractivity contribution in [3.05, 3.63) is 42.1 Å². The highest BCUT2D eigenvalue weighted by Gasteiger charge is 2.26. The van der Waals surface area contributed by atoms with E-state index in [-0.39, 0.29) is 6.54 Å². The molecule has 0 saturated carbocycles. The minimum absolute atomic E-state index is 0.250. The molecular formula is C13H14F2N2O. The molecule has 0 spiro atoms. The Labute approximate surface area is 103 Å². The number of aliphatic hydroxyl groups excluding tert-OH is 1. The van der Waals surface area contributed by atoms with Crippen molar-refractivity contribution >= 4 is 10.9 Å². The Balaban J connectivity index is 2.00. The lowest BCUT2D eigenvalue weighted by Gasteiger charge is -2.13. The first-order valence-electron chi connectivity index (χ1n) is 5.65. The Bertz CT molecular complexity index is 531. The number of benzene rings is 1. The molecule has 0 aliphatic rings. The Morgan fingerprint density at radius 2 is 1.94 bits per heavy atom. The number of nitrogens with one attached hydrogen (secondary N) is 1. The van der Waals surface area contributed by atoms with Crippen molar-refractivity contribution < 1.29 is 13.9 Å². The predicted molar refractivity (Wildman–Crippen MR) is 65.5 cm³/mol. The molecule has 0 fully saturated rings. The van der Waals surface area contributed by atoms with Gasteiger partial charge in [0.1, 0.15) is 6.61 Å². The molecule has 0 aliphatic heterocycles. The summed E-state index contributed by atoms with van der Waals surface area (Å²) in [5.41, 5.74) is 1.54. The average Bonchev–Trinajstić information content (AvgIpc) is 2.38. The molecule has 18 heavy (non-hydrogen) atoms. The van der Waals surface area contributed by atoms with Crippen LogP contribution in [0.5, 0.6) is 0 Å². The average molecular weight is 252 g/mol. The summed E-state index contributed by atoms with van der Waals surface area (Å²) in [5.74, 6) is -3.09. The van der Waals surface area contributed by atoms with E-state index in [1.807, 2.05) is 30.3 Å². The molecule has 1 aromatic carbocycles. The van der Waals surface area contributed by atoms with E-state index in [4.69, 9.17) is 5.11 Å². The van der Waals surface area contributed by atoms with Gasteiger partial charge < -0.3 is 10.4 Å². The summed E-state index contributed by atoms with van der Waals surface area (Å²) in [4.78, 5) is 4.35. The molecular weight excluding hydrogens is 238 g/mol. The minimum atomic E-state index is -3.09. The fraction of sp³-hybridized carbons (Fsp3) is 0.308. The first-order valence-corrected chi connectivity index (χ1v) is 5.65. The van der Waals surface area contributed by atoms with E-state index in [2.05, 4.69) is 10.3 Å². The van der Waals surface area contributed by atoms with Crippen molar-refractivity contribution in [3.8, 4) is 0 Å². The summed E-state index contributed by atoms with van der Waals surface area (Å²) >= 11 is 0. The van der Waals surface area contributed by atoms with Crippen molar-refractivity contribution in [3.63, 3.8) is 0 Å². The molecule has 0 atom stereocenters. The highest BCUT2D eigenvalue weighted by Crippen LogP contribution is 2.13. The number of pyridine rings is 1. The van der Waals surface area contributed by atoms with Crippen LogP contribution in [0.1, 0.15) is 5.69 Å². The van der Waals surface area contributed by atoms with Crippen LogP contribution in [0, 0.1) is 0 Å². The van der Waals surface area contributed by atoms with E-state index in [1.165, 1.54) is 0 Å². The van der Waals surface area contributed by atoms with Gasteiger partial charge in [0.15, 0.2) is 0 Å². The summed E-state index contributed by atoms with van der Waals surface area (Å²) in [6, 6.07) is 11.3. The van der Waals surface area contributed by atoms with Gasteiger partial charge in [-0.25, -0.2) is 8.78 Å². The molecule has 2 N–H and O–H groups in total. The molecule has 96 valence electrons. The Morgan fingerprint density at radius 3 is 2.72 bits per heavy atom. The molecule has 0 radical (unpaired) electrons. The zero-order valence-corrected chi connectivity index (χ0v) is 9.74. The summed E-state index contributed by atoms with van der Waals surface area (Å²) in [6.07, 6.45) is 0. The fourth-order valence-electron chi connectivity index (χ4n) is 1.64. The van der Waals surface area contributed by atoms with Gasteiger partial charge in [0.2, 0.25) is 0 Å². The second-order valence-corrected chi connectivity index (χ2v) is 4.11. The van der Waals surface area contributed by atoms with Gasteiger partial charge in [0.25, 0.3) is 5.92 Å². The Kier molecular flexibility index (Phi) is 3.84. The molecule has 1 heterocycles. The van der Waals surface area contributed by atoms with Crippen molar-refractivity contribution in [1.29, 1.82) is 0 Å². The van der Waals surface area contributed by atoms with Crippen LogP contribution in [0.2, 0.25) is 0 Å². The molecule has 2 aromatic rings. The summed E-state index contributed by atoms with van der Waals surface area (Å²) in [6.45, 7) is -1.45. The zero-order chi connectivity index (χ0) is 13.0. The molecule has 0 saturated heterocycles. The number of aromatic nitrogens is 1. The van der Waals surface area contributed by atoms with E-state index >= 15 is 0 Å². The molecule has 2 rings (SSSR count). The maximum Gasteiger partial charge on any atom is 0.282 e. The van der Waals surface area contributed by atoms with Gasteiger partial charge in [0.05, 0.1) is 17.8 Å². The lowest BCUT2D eigenvalue weighted by Crippen LogP contribution is -2.35. The molecule has 0 aliphatic carbocycles. The quantitative estimate of drug-likeness (QED) is 0.855. The number of alkyl halides is 2. The SMILES string of the molecule is OCC(F)(F)CNCc1ccc2ccccc2n1. The number of para-hydroxylation sites is 1. The second kappa shape index (κ2) is 5.37. The Hall–Kier alpha value is -1.59. The third-order valence-electron chi connectivity index (χ3n) is 2.58. The molecule has 3 nitrogen and oxygen atoms in total. The number of fused-ring (bicyclic) bond motifs is 1. The summed E-state index contributed by atoms with van der Waals surface area (Å²) in [7, 11) is 0. The minimum Gasteiger partial charge on any atom is -0.390 e. The van der Waals surface area contributed by atoms with Gasteiger partial charge in [-0.15, -0.1) is 0 Å². The van der Waals surface area contributed by atoms with Crippen LogP contribution in [0.15, 0.2) is 36.4 Å². The predicted octanol–water partition coefficient (Wildman–Crippen LogP) is 1.95. The normalized spacial score (nSPS) is 11.9. The molecule has 5 heteroatoms. The number of halogens is 2. The number of hydrogen-bond acceptors (Lipinski definition) is 3.